The van der Waals surface area contributed by atoms with Gasteiger partial charge in [0.1, 0.15) is 0 Å². The number of nitrogens with one attached hydrogen (secondary N) is 1. The lowest BCUT2D eigenvalue weighted by molar-refractivity contribution is 0.00376. The van der Waals surface area contributed by atoms with Crippen LogP contribution in [-0.2, 0) is 18.5 Å². The largest absolute Gasteiger partial charge is 0.348 e. The number of aromatic nitrogens is 2. The fourth-order valence-electron chi connectivity index (χ4n) is 4.54. The van der Waals surface area contributed by atoms with E-state index in [0.717, 1.165) is 13.0 Å². The molecule has 5 heteroatoms. The molecule has 0 aliphatic carbocycles. The zero-order valence-electron chi connectivity index (χ0n) is 14.8. The second kappa shape index (κ2) is 6.62. The molecule has 0 aromatic carbocycles. The molecule has 1 fully saturated rings. The number of fused-ring (bicyclic) bond motifs is 2. The molecule has 2 aliphatic rings. The molecule has 0 saturated carbocycles. The summed E-state index contributed by atoms with van der Waals surface area (Å²) in [5, 5.41) is 0. The molecular weight excluding hydrogens is 316 g/mol. The predicted molar refractivity (Wildman–Crippen MR) is 99.4 cm³/mol. The van der Waals surface area contributed by atoms with Crippen molar-refractivity contribution in [2.75, 3.05) is 26.2 Å². The fourth-order valence-corrected chi connectivity index (χ4v) is 5.48. The highest BCUT2D eigenvalue weighted by molar-refractivity contribution is 7.11. The summed E-state index contributed by atoms with van der Waals surface area (Å²) >= 11 is 1.94. The zero-order valence-corrected chi connectivity index (χ0v) is 15.7. The number of piperidine rings is 1. The summed E-state index contributed by atoms with van der Waals surface area (Å²) < 4.78 is 0. The Morgan fingerprint density at radius 3 is 2.79 bits per heavy atom. The summed E-state index contributed by atoms with van der Waals surface area (Å²) in [5.74, 6) is 0. The molecule has 1 spiro atoms. The van der Waals surface area contributed by atoms with Gasteiger partial charge < -0.3 is 4.98 Å². The smallest absolute Gasteiger partial charge is 0.0926 e. The number of nitrogens with zero attached hydrogens (tertiary/aromatic N) is 3. The number of rotatable bonds is 4. The van der Waals surface area contributed by atoms with Gasteiger partial charge in [-0.1, -0.05) is 6.92 Å². The number of hydrogen-bond acceptors (Lipinski definition) is 4. The normalized spacial score (nSPS) is 21.2. The van der Waals surface area contributed by atoms with Crippen LogP contribution < -0.4 is 0 Å². The van der Waals surface area contributed by atoms with E-state index in [2.05, 4.69) is 40.8 Å². The van der Waals surface area contributed by atoms with Gasteiger partial charge in [-0.3, -0.25) is 9.80 Å². The van der Waals surface area contributed by atoms with Gasteiger partial charge in [-0.2, -0.15) is 0 Å². The van der Waals surface area contributed by atoms with E-state index in [1.165, 1.54) is 66.6 Å². The lowest BCUT2D eigenvalue weighted by Gasteiger charge is -2.50. The molecule has 24 heavy (non-hydrogen) atoms. The number of H-pyrrole nitrogens is 1. The highest BCUT2D eigenvalue weighted by atomic mass is 32.1. The summed E-state index contributed by atoms with van der Waals surface area (Å²) in [6.45, 7) is 10.3. The number of thiophene rings is 1. The number of aryl methyl sites for hydroxylation is 1. The number of hydrogen-bond donors (Lipinski definition) is 1. The highest BCUT2D eigenvalue weighted by Crippen LogP contribution is 2.42. The maximum Gasteiger partial charge on any atom is 0.0926 e. The Labute approximate surface area is 148 Å². The van der Waals surface area contributed by atoms with E-state index in [0.29, 0.717) is 0 Å². The first-order valence-corrected chi connectivity index (χ1v) is 10.1. The van der Waals surface area contributed by atoms with Crippen LogP contribution in [0.4, 0.5) is 0 Å². The van der Waals surface area contributed by atoms with E-state index in [1.807, 2.05) is 17.7 Å². The van der Waals surface area contributed by atoms with E-state index in [9.17, 15) is 0 Å². The lowest BCUT2D eigenvalue weighted by Crippen LogP contribution is -2.56. The second-order valence-electron chi connectivity index (χ2n) is 7.29. The average molecular weight is 345 g/mol. The molecule has 4 heterocycles. The SMILES string of the molecule is CCCN1CCc2[nH]cnc2C12CCN(Cc1ccc(C)s1)CC2. The summed E-state index contributed by atoms with van der Waals surface area (Å²) in [7, 11) is 0. The van der Waals surface area contributed by atoms with Crippen LogP contribution in [-0.4, -0.2) is 45.9 Å². The standard InChI is InChI=1S/C19H28N4S/c1-3-9-23-10-6-17-18(21-14-20-17)19(23)7-11-22(12-8-19)13-16-5-4-15(2)24-16/h4-5,14H,3,6-13H2,1-2H3,(H,20,21). The minimum absolute atomic E-state index is 0.172. The van der Waals surface area contributed by atoms with Crippen LogP contribution in [0.3, 0.4) is 0 Å². The molecule has 0 radical (unpaired) electrons. The van der Waals surface area contributed by atoms with Crippen LogP contribution in [0.5, 0.6) is 0 Å². The first-order valence-electron chi connectivity index (χ1n) is 9.27. The van der Waals surface area contributed by atoms with Gasteiger partial charge in [0.2, 0.25) is 0 Å². The van der Waals surface area contributed by atoms with Crippen molar-refractivity contribution in [3.05, 3.63) is 39.6 Å². The van der Waals surface area contributed by atoms with Gasteiger partial charge in [0.15, 0.2) is 0 Å². The molecule has 0 amide bonds. The third kappa shape index (κ3) is 2.83. The second-order valence-corrected chi connectivity index (χ2v) is 8.66. The third-order valence-corrected chi connectivity index (χ3v) is 6.73. The van der Waals surface area contributed by atoms with Crippen molar-refractivity contribution in [3.63, 3.8) is 0 Å². The summed E-state index contributed by atoms with van der Waals surface area (Å²) in [6.07, 6.45) is 6.65. The third-order valence-electron chi connectivity index (χ3n) is 5.75. The van der Waals surface area contributed by atoms with Gasteiger partial charge in [0.05, 0.1) is 17.6 Å². The van der Waals surface area contributed by atoms with Crippen molar-refractivity contribution in [3.8, 4) is 0 Å². The van der Waals surface area contributed by atoms with Crippen LogP contribution in [0.15, 0.2) is 18.5 Å². The fraction of sp³-hybridized carbons (Fsp3) is 0.632. The molecule has 0 unspecified atom stereocenters. The molecule has 2 aromatic rings. The Morgan fingerprint density at radius 1 is 1.25 bits per heavy atom. The Balaban J connectivity index is 1.51. The van der Waals surface area contributed by atoms with Crippen LogP contribution in [0, 0.1) is 6.92 Å². The quantitative estimate of drug-likeness (QED) is 0.921. The van der Waals surface area contributed by atoms with E-state index < -0.39 is 0 Å². The monoisotopic (exact) mass is 344 g/mol. The van der Waals surface area contributed by atoms with E-state index in [4.69, 9.17) is 4.98 Å². The predicted octanol–water partition coefficient (Wildman–Crippen LogP) is 3.54. The topological polar surface area (TPSA) is 35.2 Å². The van der Waals surface area contributed by atoms with Crippen molar-refractivity contribution in [2.24, 2.45) is 0 Å². The Hall–Kier alpha value is -1.17. The minimum atomic E-state index is 0.172. The Bertz CT molecular complexity index is 681. The van der Waals surface area contributed by atoms with Gasteiger partial charge in [0, 0.05) is 48.0 Å². The lowest BCUT2D eigenvalue weighted by atomic mass is 9.78. The summed E-state index contributed by atoms with van der Waals surface area (Å²) in [4.78, 5) is 16.4. The molecule has 0 atom stereocenters. The van der Waals surface area contributed by atoms with E-state index >= 15 is 0 Å². The van der Waals surface area contributed by atoms with Crippen molar-refractivity contribution < 1.29 is 0 Å². The van der Waals surface area contributed by atoms with Crippen LogP contribution in [0.2, 0.25) is 0 Å². The molecular formula is C19H28N4S. The van der Waals surface area contributed by atoms with Crippen molar-refractivity contribution in [2.45, 2.75) is 51.6 Å². The maximum absolute atomic E-state index is 4.76. The van der Waals surface area contributed by atoms with Gasteiger partial charge >= 0.3 is 0 Å². The van der Waals surface area contributed by atoms with Crippen molar-refractivity contribution in [1.29, 1.82) is 0 Å². The molecule has 0 bridgehead atoms. The first kappa shape index (κ1) is 16.3. The molecule has 1 N–H and O–H groups in total. The molecule has 1 saturated heterocycles. The first-order chi connectivity index (χ1) is 11.7. The van der Waals surface area contributed by atoms with Crippen LogP contribution >= 0.6 is 11.3 Å². The van der Waals surface area contributed by atoms with Crippen LogP contribution in [0.25, 0.3) is 0 Å². The maximum atomic E-state index is 4.76. The minimum Gasteiger partial charge on any atom is -0.348 e. The summed E-state index contributed by atoms with van der Waals surface area (Å²) in [5.41, 5.74) is 2.89. The van der Waals surface area contributed by atoms with Crippen molar-refractivity contribution in [1.82, 2.24) is 19.8 Å². The van der Waals surface area contributed by atoms with Gasteiger partial charge in [-0.25, -0.2) is 4.98 Å². The average Bonchev–Trinajstić information content (AvgIpc) is 3.22. The van der Waals surface area contributed by atoms with Crippen molar-refractivity contribution >= 4 is 11.3 Å². The molecule has 4 nitrogen and oxygen atoms in total. The van der Waals surface area contributed by atoms with E-state index in [-0.39, 0.29) is 5.54 Å². The van der Waals surface area contributed by atoms with Gasteiger partial charge in [-0.15, -0.1) is 11.3 Å². The summed E-state index contributed by atoms with van der Waals surface area (Å²) in [6, 6.07) is 4.53. The molecule has 2 aromatic heterocycles. The number of imidazole rings is 1. The number of aromatic amines is 1. The van der Waals surface area contributed by atoms with Gasteiger partial charge in [0.25, 0.3) is 0 Å². The molecule has 4 rings (SSSR count). The Morgan fingerprint density at radius 2 is 2.08 bits per heavy atom. The van der Waals surface area contributed by atoms with E-state index in [1.54, 1.807) is 0 Å². The highest BCUT2D eigenvalue weighted by Gasteiger charge is 2.46. The Kier molecular flexibility index (Phi) is 4.50. The number of likely N-dealkylation sites (tertiary alicyclic amines) is 1. The molecule has 130 valence electrons. The molecule has 2 aliphatic heterocycles. The van der Waals surface area contributed by atoms with Crippen LogP contribution in [0.1, 0.15) is 47.3 Å². The zero-order chi connectivity index (χ0) is 16.6. The van der Waals surface area contributed by atoms with Gasteiger partial charge in [-0.05, 0) is 44.9 Å².